The highest BCUT2D eigenvalue weighted by Gasteiger charge is 2.19. The van der Waals surface area contributed by atoms with E-state index >= 15 is 0 Å². The highest BCUT2D eigenvalue weighted by molar-refractivity contribution is 7.92. The van der Waals surface area contributed by atoms with Crippen LogP contribution in [-0.2, 0) is 21.2 Å². The number of carbonyl (C=O) groups excluding carboxylic acids is 1. The van der Waals surface area contributed by atoms with Gasteiger partial charge in [0.25, 0.3) is 0 Å². The van der Waals surface area contributed by atoms with Crippen LogP contribution in [-0.4, -0.2) is 34.2 Å². The average Bonchev–Trinajstić information content (AvgIpc) is 2.65. The number of benzene rings is 2. The smallest absolute Gasteiger partial charge is 0.232 e. The van der Waals surface area contributed by atoms with Gasteiger partial charge in [0.2, 0.25) is 15.9 Å². The summed E-state index contributed by atoms with van der Waals surface area (Å²) >= 11 is 6.11. The number of sulfonamides is 1. The predicted octanol–water partition coefficient (Wildman–Crippen LogP) is 4.10. The SMILES string of the molecule is CCc1ccc(NC(=O)CCCN(c2ccc(OC)c(Cl)c2)S(C)(=O)=O)cc1. The summed E-state index contributed by atoms with van der Waals surface area (Å²) in [6.07, 6.45) is 2.63. The summed E-state index contributed by atoms with van der Waals surface area (Å²) in [4.78, 5) is 12.2. The third kappa shape index (κ3) is 6.14. The van der Waals surface area contributed by atoms with E-state index in [2.05, 4.69) is 12.2 Å². The third-order valence-electron chi connectivity index (χ3n) is 4.23. The van der Waals surface area contributed by atoms with Crippen LogP contribution >= 0.6 is 11.6 Å². The number of aryl methyl sites for hydroxylation is 1. The van der Waals surface area contributed by atoms with Crippen molar-refractivity contribution in [2.75, 3.05) is 29.5 Å². The van der Waals surface area contributed by atoms with Gasteiger partial charge in [-0.15, -0.1) is 0 Å². The van der Waals surface area contributed by atoms with Crippen molar-refractivity contribution < 1.29 is 17.9 Å². The molecule has 2 aromatic rings. The highest BCUT2D eigenvalue weighted by atomic mass is 35.5. The molecule has 2 rings (SSSR count). The van der Waals surface area contributed by atoms with E-state index in [1.807, 2.05) is 24.3 Å². The lowest BCUT2D eigenvalue weighted by molar-refractivity contribution is -0.116. The van der Waals surface area contributed by atoms with Gasteiger partial charge >= 0.3 is 0 Å². The molecule has 6 nitrogen and oxygen atoms in total. The van der Waals surface area contributed by atoms with Gasteiger partial charge in [0.1, 0.15) is 5.75 Å². The van der Waals surface area contributed by atoms with Crippen LogP contribution in [0, 0.1) is 0 Å². The molecule has 0 bridgehead atoms. The molecule has 0 heterocycles. The first kappa shape index (κ1) is 22.0. The van der Waals surface area contributed by atoms with E-state index in [-0.39, 0.29) is 18.9 Å². The van der Waals surface area contributed by atoms with Crippen molar-refractivity contribution in [3.05, 3.63) is 53.1 Å². The lowest BCUT2D eigenvalue weighted by Crippen LogP contribution is -2.31. The molecule has 0 saturated carbocycles. The number of hydrogen-bond donors (Lipinski definition) is 1. The number of amides is 1. The summed E-state index contributed by atoms with van der Waals surface area (Å²) in [5.41, 5.74) is 2.35. The molecule has 152 valence electrons. The molecular weight excluding hydrogens is 400 g/mol. The largest absolute Gasteiger partial charge is 0.495 e. The third-order valence-corrected chi connectivity index (χ3v) is 5.72. The van der Waals surface area contributed by atoms with Crippen molar-refractivity contribution in [1.29, 1.82) is 0 Å². The minimum Gasteiger partial charge on any atom is -0.495 e. The summed E-state index contributed by atoms with van der Waals surface area (Å²) in [6, 6.07) is 12.4. The summed E-state index contributed by atoms with van der Waals surface area (Å²) in [5.74, 6) is 0.304. The lowest BCUT2D eigenvalue weighted by atomic mass is 10.1. The number of rotatable bonds is 9. The van der Waals surface area contributed by atoms with Gasteiger partial charge in [-0.25, -0.2) is 8.42 Å². The van der Waals surface area contributed by atoms with Crippen molar-refractivity contribution in [2.24, 2.45) is 0 Å². The fraction of sp³-hybridized carbons (Fsp3) is 0.350. The number of halogens is 1. The number of carbonyl (C=O) groups is 1. The van der Waals surface area contributed by atoms with Gasteiger partial charge in [0, 0.05) is 18.7 Å². The first-order valence-electron chi connectivity index (χ1n) is 8.94. The molecule has 0 saturated heterocycles. The zero-order valence-corrected chi connectivity index (χ0v) is 17.8. The van der Waals surface area contributed by atoms with E-state index in [1.54, 1.807) is 12.1 Å². The lowest BCUT2D eigenvalue weighted by Gasteiger charge is -2.23. The van der Waals surface area contributed by atoms with Gasteiger partial charge in [0.05, 0.1) is 24.1 Å². The fourth-order valence-corrected chi connectivity index (χ4v) is 3.94. The Balaban J connectivity index is 1.98. The fourth-order valence-electron chi connectivity index (χ4n) is 2.73. The first-order chi connectivity index (χ1) is 13.2. The summed E-state index contributed by atoms with van der Waals surface area (Å²) in [6.45, 7) is 2.24. The number of methoxy groups -OCH3 is 1. The Morgan fingerprint density at radius 1 is 1.18 bits per heavy atom. The molecule has 2 aromatic carbocycles. The summed E-state index contributed by atoms with van der Waals surface area (Å²) in [5, 5.41) is 3.15. The van der Waals surface area contributed by atoms with Gasteiger partial charge in [0.15, 0.2) is 0 Å². The minimum atomic E-state index is -3.52. The topological polar surface area (TPSA) is 75.7 Å². The van der Waals surface area contributed by atoms with Gasteiger partial charge in [-0.2, -0.15) is 0 Å². The second kappa shape index (κ2) is 9.80. The normalized spacial score (nSPS) is 11.1. The molecule has 0 aliphatic heterocycles. The Kier molecular flexibility index (Phi) is 7.71. The molecule has 0 atom stereocenters. The minimum absolute atomic E-state index is 0.162. The molecule has 0 aromatic heterocycles. The van der Waals surface area contributed by atoms with Crippen LogP contribution < -0.4 is 14.4 Å². The summed E-state index contributed by atoms with van der Waals surface area (Å²) in [7, 11) is -2.03. The number of ether oxygens (including phenoxy) is 1. The molecule has 0 aliphatic rings. The Labute approximate surface area is 171 Å². The van der Waals surface area contributed by atoms with Gasteiger partial charge in [-0.3, -0.25) is 9.10 Å². The second-order valence-electron chi connectivity index (χ2n) is 6.36. The molecule has 28 heavy (non-hydrogen) atoms. The Hall–Kier alpha value is -2.25. The molecule has 1 amide bonds. The maximum Gasteiger partial charge on any atom is 0.232 e. The van der Waals surface area contributed by atoms with Crippen molar-refractivity contribution in [1.82, 2.24) is 0 Å². The van der Waals surface area contributed by atoms with E-state index in [9.17, 15) is 13.2 Å². The molecule has 1 N–H and O–H groups in total. The number of hydrogen-bond acceptors (Lipinski definition) is 4. The molecule has 0 unspecified atom stereocenters. The van der Waals surface area contributed by atoms with Crippen LogP contribution in [0.15, 0.2) is 42.5 Å². The zero-order chi connectivity index (χ0) is 20.7. The molecule has 0 spiro atoms. The molecule has 8 heteroatoms. The van der Waals surface area contributed by atoms with Crippen molar-refractivity contribution in [3.8, 4) is 5.75 Å². The Morgan fingerprint density at radius 2 is 1.86 bits per heavy atom. The number of nitrogens with zero attached hydrogens (tertiary/aromatic N) is 1. The van der Waals surface area contributed by atoms with E-state index in [0.717, 1.165) is 18.4 Å². The first-order valence-corrected chi connectivity index (χ1v) is 11.2. The van der Waals surface area contributed by atoms with E-state index in [1.165, 1.54) is 23.0 Å². The standard InChI is InChI=1S/C20H25ClN2O4S/c1-4-15-7-9-16(10-8-15)22-20(24)6-5-13-23(28(3,25)26)17-11-12-19(27-2)18(21)14-17/h7-12,14H,4-6,13H2,1-3H3,(H,22,24). The number of anilines is 2. The maximum absolute atomic E-state index is 12.2. The van der Waals surface area contributed by atoms with Crippen LogP contribution in [0.5, 0.6) is 5.75 Å². The van der Waals surface area contributed by atoms with Crippen LogP contribution in [0.25, 0.3) is 0 Å². The number of nitrogens with one attached hydrogen (secondary N) is 1. The van der Waals surface area contributed by atoms with Crippen molar-refractivity contribution in [3.63, 3.8) is 0 Å². The zero-order valence-electron chi connectivity index (χ0n) is 16.2. The van der Waals surface area contributed by atoms with Crippen LogP contribution in [0.2, 0.25) is 5.02 Å². The van der Waals surface area contributed by atoms with Gasteiger partial charge in [-0.1, -0.05) is 30.7 Å². The molecule has 0 aliphatic carbocycles. The average molecular weight is 425 g/mol. The maximum atomic E-state index is 12.2. The van der Waals surface area contributed by atoms with E-state index < -0.39 is 10.0 Å². The molecule has 0 radical (unpaired) electrons. The molecule has 0 fully saturated rings. The van der Waals surface area contributed by atoms with Gasteiger partial charge < -0.3 is 10.1 Å². The molecular formula is C20H25ClN2O4S. The second-order valence-corrected chi connectivity index (χ2v) is 8.67. The van der Waals surface area contributed by atoms with E-state index in [4.69, 9.17) is 16.3 Å². The Morgan fingerprint density at radius 3 is 2.39 bits per heavy atom. The Bertz CT molecular complexity index is 914. The monoisotopic (exact) mass is 424 g/mol. The van der Waals surface area contributed by atoms with Crippen LogP contribution in [0.4, 0.5) is 11.4 Å². The van der Waals surface area contributed by atoms with E-state index in [0.29, 0.717) is 22.9 Å². The predicted molar refractivity (Wildman–Crippen MR) is 114 cm³/mol. The summed E-state index contributed by atoms with van der Waals surface area (Å²) < 4.78 is 30.7. The van der Waals surface area contributed by atoms with Gasteiger partial charge in [-0.05, 0) is 48.7 Å². The van der Waals surface area contributed by atoms with Crippen LogP contribution in [0.1, 0.15) is 25.3 Å². The van der Waals surface area contributed by atoms with Crippen molar-refractivity contribution in [2.45, 2.75) is 26.2 Å². The highest BCUT2D eigenvalue weighted by Crippen LogP contribution is 2.30. The van der Waals surface area contributed by atoms with Crippen molar-refractivity contribution >= 4 is 38.9 Å². The van der Waals surface area contributed by atoms with Crippen LogP contribution in [0.3, 0.4) is 0 Å². The quantitative estimate of drug-likeness (QED) is 0.657.